The summed E-state index contributed by atoms with van der Waals surface area (Å²) in [5.41, 5.74) is 18.2. The minimum Gasteiger partial charge on any atom is -0.310 e. The van der Waals surface area contributed by atoms with Gasteiger partial charge in [-0.05, 0) is 131 Å². The Morgan fingerprint density at radius 3 is 0.871 bits per heavy atom. The molecule has 0 unspecified atom stereocenters. The van der Waals surface area contributed by atoms with Crippen LogP contribution in [0.1, 0.15) is 0 Å². The molecule has 0 bridgehead atoms. The lowest BCUT2D eigenvalue weighted by Crippen LogP contribution is -2.10. The number of benzene rings is 11. The van der Waals surface area contributed by atoms with Gasteiger partial charge in [0.2, 0.25) is 0 Å². The number of hydrogen-bond acceptors (Lipinski definition) is 2. The van der Waals surface area contributed by atoms with Crippen molar-refractivity contribution in [3.63, 3.8) is 0 Å². The fourth-order valence-corrected chi connectivity index (χ4v) is 10.4. The van der Waals surface area contributed by atoms with E-state index < -0.39 is 0 Å². The van der Waals surface area contributed by atoms with E-state index >= 15 is 0 Å². The molecule has 0 fully saturated rings. The maximum absolute atomic E-state index is 2.42. The van der Waals surface area contributed by atoms with E-state index in [4.69, 9.17) is 0 Å². The lowest BCUT2D eigenvalue weighted by molar-refractivity contribution is 1.14. The third kappa shape index (κ3) is 7.18. The number of rotatable bonds is 10. The van der Waals surface area contributed by atoms with Gasteiger partial charge in [0.15, 0.2) is 0 Å². The number of nitrogens with zero attached hydrogens (tertiary/aromatic N) is 4. The number of hydrogen-bond donors (Lipinski definition) is 0. The maximum atomic E-state index is 2.42. The molecule has 70 heavy (non-hydrogen) atoms. The fraction of sp³-hybridized carbons (Fsp3) is 0. The van der Waals surface area contributed by atoms with E-state index in [-0.39, 0.29) is 0 Å². The molecule has 2 aromatic heterocycles. The van der Waals surface area contributed by atoms with E-state index in [1.165, 1.54) is 54.8 Å². The Morgan fingerprint density at radius 2 is 0.486 bits per heavy atom. The molecule has 330 valence electrons. The van der Waals surface area contributed by atoms with Crippen LogP contribution < -0.4 is 9.80 Å². The number of para-hydroxylation sites is 4. The van der Waals surface area contributed by atoms with Crippen molar-refractivity contribution < 1.29 is 0 Å². The summed E-state index contributed by atoms with van der Waals surface area (Å²) in [6, 6.07) is 101. The normalized spacial score (nSPS) is 11.4. The van der Waals surface area contributed by atoms with Gasteiger partial charge in [0.05, 0.1) is 22.1 Å². The first-order valence-corrected chi connectivity index (χ1v) is 23.9. The molecule has 0 aliphatic rings. The Balaban J connectivity index is 0.923. The summed E-state index contributed by atoms with van der Waals surface area (Å²) in [4.78, 5) is 4.71. The standard InChI is InChI=1S/C66H46N4/c1-5-17-47(18-6-1)49-29-33-53(34-30-49)67(51-21-9-3-10-22-51)57-41-43-61-59-25-13-15-27-63(59)69(65(61)45-57)55-37-39-56(40-38-55)70-64-28-16-14-26-60(64)62-44-42-58(46-66(62)70)68(52-23-11-4-12-24-52)54-35-31-50(32-36-54)48-19-7-2-8-20-48/h1-46H. The van der Waals surface area contributed by atoms with Gasteiger partial charge < -0.3 is 18.9 Å². The topological polar surface area (TPSA) is 16.3 Å². The number of fused-ring (bicyclic) bond motifs is 6. The van der Waals surface area contributed by atoms with E-state index in [9.17, 15) is 0 Å². The Bertz CT molecular complexity index is 3690. The van der Waals surface area contributed by atoms with Crippen LogP contribution in [0.25, 0.3) is 77.2 Å². The molecule has 0 aliphatic heterocycles. The summed E-state index contributed by atoms with van der Waals surface area (Å²) < 4.78 is 4.84. The predicted octanol–water partition coefficient (Wildman–Crippen LogP) is 18.2. The van der Waals surface area contributed by atoms with Crippen LogP contribution in [0.15, 0.2) is 279 Å². The molecular formula is C66H46N4. The van der Waals surface area contributed by atoms with Crippen LogP contribution in [0.5, 0.6) is 0 Å². The lowest BCUT2D eigenvalue weighted by Gasteiger charge is -2.26. The first-order valence-electron chi connectivity index (χ1n) is 23.9. The molecule has 13 aromatic rings. The van der Waals surface area contributed by atoms with Crippen LogP contribution in [0.2, 0.25) is 0 Å². The molecule has 0 amide bonds. The second-order valence-electron chi connectivity index (χ2n) is 17.8. The molecule has 2 heterocycles. The largest absolute Gasteiger partial charge is 0.310 e. The summed E-state index contributed by atoms with van der Waals surface area (Å²) in [7, 11) is 0. The molecule has 0 saturated carbocycles. The summed E-state index contributed by atoms with van der Waals surface area (Å²) in [6.07, 6.45) is 0. The van der Waals surface area contributed by atoms with E-state index in [1.807, 2.05) is 0 Å². The van der Waals surface area contributed by atoms with Crippen molar-refractivity contribution in [2.45, 2.75) is 0 Å². The van der Waals surface area contributed by atoms with Crippen LogP contribution in [0.4, 0.5) is 34.1 Å². The third-order valence-electron chi connectivity index (χ3n) is 13.7. The SMILES string of the molecule is c1ccc(-c2ccc(N(c3ccccc3)c3ccc4c5ccccc5n(-c5ccc(-n6c7ccccc7c7ccc(N(c8ccccc8)c8ccc(-c9ccccc9)cc8)cc76)cc5)c4c3)cc2)cc1. The van der Waals surface area contributed by atoms with Crippen molar-refractivity contribution in [3.05, 3.63) is 279 Å². The van der Waals surface area contributed by atoms with Gasteiger partial charge in [0, 0.05) is 67.0 Å². The minimum atomic E-state index is 1.09. The van der Waals surface area contributed by atoms with Crippen molar-refractivity contribution >= 4 is 77.7 Å². The maximum Gasteiger partial charge on any atom is 0.0561 e. The molecule has 0 saturated heterocycles. The Hall–Kier alpha value is -9.38. The van der Waals surface area contributed by atoms with Gasteiger partial charge in [-0.25, -0.2) is 0 Å². The molecule has 4 nitrogen and oxygen atoms in total. The Labute approximate surface area is 407 Å². The highest BCUT2D eigenvalue weighted by Crippen LogP contribution is 2.43. The van der Waals surface area contributed by atoms with Crippen molar-refractivity contribution in [1.29, 1.82) is 0 Å². The van der Waals surface area contributed by atoms with Gasteiger partial charge in [-0.3, -0.25) is 0 Å². The van der Waals surface area contributed by atoms with Crippen molar-refractivity contribution in [1.82, 2.24) is 9.13 Å². The van der Waals surface area contributed by atoms with E-state index in [0.717, 1.165) is 56.5 Å². The third-order valence-corrected chi connectivity index (χ3v) is 13.7. The first-order chi connectivity index (χ1) is 34.7. The molecule has 0 radical (unpaired) electrons. The zero-order valence-electron chi connectivity index (χ0n) is 38.3. The van der Waals surface area contributed by atoms with Gasteiger partial charge in [0.25, 0.3) is 0 Å². The van der Waals surface area contributed by atoms with Crippen LogP contribution >= 0.6 is 0 Å². The van der Waals surface area contributed by atoms with E-state index in [2.05, 4.69) is 298 Å². The summed E-state index contributed by atoms with van der Waals surface area (Å²) in [5.74, 6) is 0. The smallest absolute Gasteiger partial charge is 0.0561 e. The van der Waals surface area contributed by atoms with Crippen molar-refractivity contribution in [2.75, 3.05) is 9.80 Å². The minimum absolute atomic E-state index is 1.09. The first kappa shape index (κ1) is 40.9. The monoisotopic (exact) mass is 894 g/mol. The molecule has 0 spiro atoms. The molecule has 4 heteroatoms. The van der Waals surface area contributed by atoms with E-state index in [0.29, 0.717) is 0 Å². The Kier molecular flexibility index (Phi) is 10.1. The van der Waals surface area contributed by atoms with E-state index in [1.54, 1.807) is 0 Å². The van der Waals surface area contributed by atoms with Crippen molar-refractivity contribution in [2.24, 2.45) is 0 Å². The predicted molar refractivity (Wildman–Crippen MR) is 295 cm³/mol. The average molecular weight is 895 g/mol. The fourth-order valence-electron chi connectivity index (χ4n) is 10.4. The summed E-state index contributed by atoms with van der Waals surface area (Å²) in [6.45, 7) is 0. The van der Waals surface area contributed by atoms with Crippen molar-refractivity contribution in [3.8, 4) is 33.6 Å². The average Bonchev–Trinajstić information content (AvgIpc) is 3.95. The molecule has 0 aliphatic carbocycles. The van der Waals surface area contributed by atoms with Gasteiger partial charge >= 0.3 is 0 Å². The quantitative estimate of drug-likeness (QED) is 0.136. The number of aromatic nitrogens is 2. The molecule has 13 rings (SSSR count). The molecular weight excluding hydrogens is 849 g/mol. The van der Waals surface area contributed by atoms with Crippen LogP contribution in [-0.4, -0.2) is 9.13 Å². The highest BCUT2D eigenvalue weighted by molar-refractivity contribution is 6.12. The van der Waals surface area contributed by atoms with Crippen LogP contribution in [0, 0.1) is 0 Å². The van der Waals surface area contributed by atoms with Gasteiger partial charge in [-0.2, -0.15) is 0 Å². The highest BCUT2D eigenvalue weighted by Gasteiger charge is 2.20. The lowest BCUT2D eigenvalue weighted by atomic mass is 10.0. The second kappa shape index (κ2) is 17.4. The Morgan fingerprint density at radius 1 is 0.200 bits per heavy atom. The van der Waals surface area contributed by atoms with Gasteiger partial charge in [-0.1, -0.05) is 170 Å². The summed E-state index contributed by atoms with van der Waals surface area (Å²) >= 11 is 0. The number of anilines is 6. The zero-order chi connectivity index (χ0) is 46.4. The zero-order valence-corrected chi connectivity index (χ0v) is 38.3. The molecule has 11 aromatic carbocycles. The molecule has 0 N–H and O–H groups in total. The van der Waals surface area contributed by atoms with Gasteiger partial charge in [-0.15, -0.1) is 0 Å². The van der Waals surface area contributed by atoms with Crippen LogP contribution in [0.3, 0.4) is 0 Å². The second-order valence-corrected chi connectivity index (χ2v) is 17.8. The van der Waals surface area contributed by atoms with Crippen LogP contribution in [-0.2, 0) is 0 Å². The summed E-state index contributed by atoms with van der Waals surface area (Å²) in [5, 5.41) is 4.87. The highest BCUT2D eigenvalue weighted by atomic mass is 15.2. The van der Waals surface area contributed by atoms with Gasteiger partial charge in [0.1, 0.15) is 0 Å². The molecule has 0 atom stereocenters.